The van der Waals surface area contributed by atoms with Gasteiger partial charge in [-0.25, -0.2) is 0 Å². The molecule has 3 aliphatic rings. The minimum Gasteiger partial charge on any atom is -0.372 e. The van der Waals surface area contributed by atoms with Crippen LogP contribution in [0.3, 0.4) is 0 Å². The largest absolute Gasteiger partial charge is 0.372 e. The molecule has 1 saturated heterocycles. The first-order valence-corrected chi connectivity index (χ1v) is 8.65. The number of amides is 2. The topological polar surface area (TPSA) is 61.4 Å². The lowest BCUT2D eigenvalue weighted by Crippen LogP contribution is -2.40. The molecule has 0 atom stereocenters. The molecule has 2 saturated carbocycles. The van der Waals surface area contributed by atoms with E-state index in [1.165, 1.54) is 18.5 Å². The Morgan fingerprint density at radius 1 is 1.00 bits per heavy atom. The maximum absolute atomic E-state index is 12.5. The van der Waals surface area contributed by atoms with Crippen molar-refractivity contribution in [1.29, 1.82) is 0 Å². The van der Waals surface area contributed by atoms with Crippen molar-refractivity contribution in [2.45, 2.75) is 44.6 Å². The lowest BCUT2D eigenvalue weighted by atomic mass is 10.0. The second-order valence-electron chi connectivity index (χ2n) is 7.02. The summed E-state index contributed by atoms with van der Waals surface area (Å²) in [6.45, 7) is 2.21. The van der Waals surface area contributed by atoms with E-state index < -0.39 is 5.41 Å². The lowest BCUT2D eigenvalue weighted by molar-refractivity contribution is -0.134. The van der Waals surface area contributed by atoms with Crippen LogP contribution in [0.25, 0.3) is 0 Å². The Bertz CT molecular complexity index is 612. The van der Waals surface area contributed by atoms with Gasteiger partial charge in [0.15, 0.2) is 0 Å². The van der Waals surface area contributed by atoms with Crippen molar-refractivity contribution in [3.63, 3.8) is 0 Å². The standard InChI is InChI=1S/C18H23N3O2/c22-16(19-13-3-4-13)18(9-10-18)17(23)20-14-5-7-15(8-6-14)21-11-1-2-12-21/h5-8,13H,1-4,9-12H2,(H,19,22)(H,20,23). The molecule has 122 valence electrons. The van der Waals surface area contributed by atoms with Gasteiger partial charge in [0.05, 0.1) is 0 Å². The molecular weight excluding hydrogens is 290 g/mol. The number of carbonyl (C=O) groups excluding carboxylic acids is 2. The van der Waals surface area contributed by atoms with Crippen LogP contribution in [0.2, 0.25) is 0 Å². The van der Waals surface area contributed by atoms with Gasteiger partial charge in [-0.15, -0.1) is 0 Å². The molecule has 5 heteroatoms. The van der Waals surface area contributed by atoms with E-state index in [2.05, 4.69) is 15.5 Å². The van der Waals surface area contributed by atoms with E-state index in [0.717, 1.165) is 31.6 Å². The zero-order valence-corrected chi connectivity index (χ0v) is 13.3. The van der Waals surface area contributed by atoms with Crippen LogP contribution in [-0.2, 0) is 9.59 Å². The number of hydrogen-bond donors (Lipinski definition) is 2. The van der Waals surface area contributed by atoms with E-state index in [9.17, 15) is 9.59 Å². The summed E-state index contributed by atoms with van der Waals surface area (Å²) in [6.07, 6.45) is 5.89. The maximum atomic E-state index is 12.5. The highest BCUT2D eigenvalue weighted by atomic mass is 16.2. The maximum Gasteiger partial charge on any atom is 0.240 e. The Balaban J connectivity index is 1.39. The predicted octanol–water partition coefficient (Wildman–Crippen LogP) is 2.28. The third-order valence-corrected chi connectivity index (χ3v) is 5.13. The second-order valence-corrected chi connectivity index (χ2v) is 7.02. The van der Waals surface area contributed by atoms with Crippen molar-refractivity contribution < 1.29 is 9.59 Å². The SMILES string of the molecule is O=C(Nc1ccc(N2CCCC2)cc1)C1(C(=O)NC2CC2)CC1. The molecule has 2 amide bonds. The molecule has 0 unspecified atom stereocenters. The summed E-state index contributed by atoms with van der Waals surface area (Å²) >= 11 is 0. The van der Waals surface area contributed by atoms with Crippen LogP contribution < -0.4 is 15.5 Å². The first-order valence-electron chi connectivity index (χ1n) is 8.65. The van der Waals surface area contributed by atoms with Gasteiger partial charge in [0.25, 0.3) is 0 Å². The summed E-state index contributed by atoms with van der Waals surface area (Å²) in [7, 11) is 0. The Kier molecular flexibility index (Phi) is 3.51. The minimum absolute atomic E-state index is 0.0915. The van der Waals surface area contributed by atoms with Gasteiger partial charge < -0.3 is 15.5 Å². The fourth-order valence-electron chi connectivity index (χ4n) is 3.22. The number of benzene rings is 1. The zero-order chi connectivity index (χ0) is 15.9. The average molecular weight is 313 g/mol. The molecule has 0 spiro atoms. The molecule has 1 heterocycles. The number of hydrogen-bond acceptors (Lipinski definition) is 3. The minimum atomic E-state index is -0.823. The van der Waals surface area contributed by atoms with Crippen LogP contribution in [0, 0.1) is 5.41 Å². The molecule has 0 radical (unpaired) electrons. The van der Waals surface area contributed by atoms with Gasteiger partial charge in [-0.05, 0) is 62.8 Å². The molecule has 2 N–H and O–H groups in total. The van der Waals surface area contributed by atoms with Gasteiger partial charge in [-0.2, -0.15) is 0 Å². The molecule has 1 aliphatic heterocycles. The fraction of sp³-hybridized carbons (Fsp3) is 0.556. The van der Waals surface area contributed by atoms with Gasteiger partial charge in [0.2, 0.25) is 11.8 Å². The van der Waals surface area contributed by atoms with Crippen molar-refractivity contribution >= 4 is 23.2 Å². The number of anilines is 2. The van der Waals surface area contributed by atoms with Crippen molar-refractivity contribution in [3.8, 4) is 0 Å². The van der Waals surface area contributed by atoms with E-state index >= 15 is 0 Å². The van der Waals surface area contributed by atoms with Crippen molar-refractivity contribution in [3.05, 3.63) is 24.3 Å². The number of rotatable bonds is 5. The molecule has 0 bridgehead atoms. The summed E-state index contributed by atoms with van der Waals surface area (Å²) < 4.78 is 0. The van der Waals surface area contributed by atoms with Gasteiger partial charge in [0, 0.05) is 30.5 Å². The Morgan fingerprint density at radius 2 is 1.65 bits per heavy atom. The number of nitrogens with one attached hydrogen (secondary N) is 2. The number of carbonyl (C=O) groups is 2. The first-order chi connectivity index (χ1) is 11.2. The lowest BCUT2D eigenvalue weighted by Gasteiger charge is -2.18. The highest BCUT2D eigenvalue weighted by Crippen LogP contribution is 2.47. The molecule has 2 aliphatic carbocycles. The summed E-state index contributed by atoms with van der Waals surface area (Å²) in [5.74, 6) is -0.254. The van der Waals surface area contributed by atoms with Crippen molar-refractivity contribution in [1.82, 2.24) is 5.32 Å². The Morgan fingerprint density at radius 3 is 2.22 bits per heavy atom. The first kappa shape index (κ1) is 14.5. The van der Waals surface area contributed by atoms with Crippen LogP contribution in [-0.4, -0.2) is 30.9 Å². The zero-order valence-electron chi connectivity index (χ0n) is 13.3. The van der Waals surface area contributed by atoms with Crippen LogP contribution >= 0.6 is 0 Å². The average Bonchev–Trinajstić information content (AvgIpc) is 3.47. The highest BCUT2D eigenvalue weighted by molar-refractivity contribution is 6.13. The smallest absolute Gasteiger partial charge is 0.240 e. The van der Waals surface area contributed by atoms with Crippen LogP contribution in [0.1, 0.15) is 38.5 Å². The van der Waals surface area contributed by atoms with Gasteiger partial charge in [-0.3, -0.25) is 9.59 Å². The summed E-state index contributed by atoms with van der Waals surface area (Å²) in [5.41, 5.74) is 1.15. The highest BCUT2D eigenvalue weighted by Gasteiger charge is 2.57. The van der Waals surface area contributed by atoms with E-state index in [1.54, 1.807) is 0 Å². The van der Waals surface area contributed by atoms with Gasteiger partial charge in [0.1, 0.15) is 5.41 Å². The monoisotopic (exact) mass is 313 g/mol. The van der Waals surface area contributed by atoms with Crippen molar-refractivity contribution in [2.24, 2.45) is 5.41 Å². The third-order valence-electron chi connectivity index (χ3n) is 5.13. The number of nitrogens with zero attached hydrogens (tertiary/aromatic N) is 1. The molecule has 4 rings (SSSR count). The molecule has 1 aromatic carbocycles. The molecule has 23 heavy (non-hydrogen) atoms. The van der Waals surface area contributed by atoms with Gasteiger partial charge >= 0.3 is 0 Å². The molecule has 1 aromatic rings. The molecule has 0 aromatic heterocycles. The van der Waals surface area contributed by atoms with Crippen LogP contribution in [0.15, 0.2) is 24.3 Å². The van der Waals surface area contributed by atoms with E-state index in [-0.39, 0.29) is 11.8 Å². The Labute approximate surface area is 136 Å². The van der Waals surface area contributed by atoms with E-state index in [4.69, 9.17) is 0 Å². The molecule has 5 nitrogen and oxygen atoms in total. The van der Waals surface area contributed by atoms with E-state index in [0.29, 0.717) is 18.9 Å². The van der Waals surface area contributed by atoms with Crippen LogP contribution in [0.5, 0.6) is 0 Å². The summed E-state index contributed by atoms with van der Waals surface area (Å²) in [4.78, 5) is 27.1. The summed E-state index contributed by atoms with van der Waals surface area (Å²) in [6, 6.07) is 8.25. The Hall–Kier alpha value is -2.04. The fourth-order valence-corrected chi connectivity index (χ4v) is 3.22. The van der Waals surface area contributed by atoms with Crippen LogP contribution in [0.4, 0.5) is 11.4 Å². The van der Waals surface area contributed by atoms with E-state index in [1.807, 2.05) is 24.3 Å². The molecule has 3 fully saturated rings. The second kappa shape index (κ2) is 5.55. The quantitative estimate of drug-likeness (QED) is 0.820. The van der Waals surface area contributed by atoms with Crippen molar-refractivity contribution in [2.75, 3.05) is 23.3 Å². The summed E-state index contributed by atoms with van der Waals surface area (Å²) in [5, 5.41) is 5.88. The molecular formula is C18H23N3O2. The third kappa shape index (κ3) is 2.92. The van der Waals surface area contributed by atoms with Gasteiger partial charge in [-0.1, -0.05) is 0 Å². The predicted molar refractivity (Wildman–Crippen MR) is 89.4 cm³/mol. The normalized spacial score (nSPS) is 21.8.